The van der Waals surface area contributed by atoms with E-state index in [1.165, 1.54) is 11.1 Å². The lowest BCUT2D eigenvalue weighted by molar-refractivity contribution is 0.222. The molecule has 0 aromatic heterocycles. The van der Waals surface area contributed by atoms with Crippen molar-refractivity contribution in [3.63, 3.8) is 0 Å². The molecule has 22 heavy (non-hydrogen) atoms. The maximum absolute atomic E-state index is 12.5. The van der Waals surface area contributed by atoms with Gasteiger partial charge in [-0.15, -0.1) is 0 Å². The van der Waals surface area contributed by atoms with Crippen molar-refractivity contribution in [2.24, 2.45) is 0 Å². The molecule has 116 valence electrons. The monoisotopic (exact) mass is 313 g/mol. The molecule has 1 aliphatic rings. The van der Waals surface area contributed by atoms with Crippen LogP contribution in [0.25, 0.3) is 0 Å². The fourth-order valence-electron chi connectivity index (χ4n) is 3.03. The molecule has 0 spiro atoms. The Kier molecular flexibility index (Phi) is 5.54. The van der Waals surface area contributed by atoms with Gasteiger partial charge in [0.15, 0.2) is 0 Å². The topological polar surface area (TPSA) is 26.3 Å². The first-order valence-electron chi connectivity index (χ1n) is 7.98. The van der Waals surface area contributed by atoms with E-state index in [9.17, 15) is 4.55 Å². The fourth-order valence-corrected chi connectivity index (χ4v) is 4.52. The lowest BCUT2D eigenvalue weighted by Gasteiger charge is -2.32. The minimum atomic E-state index is -0.746. The summed E-state index contributed by atoms with van der Waals surface area (Å²) in [7, 11) is 0. The van der Waals surface area contributed by atoms with E-state index >= 15 is 0 Å². The largest absolute Gasteiger partial charge is 0.616 e. The first kappa shape index (κ1) is 15.6. The predicted molar refractivity (Wildman–Crippen MR) is 93.0 cm³/mol. The van der Waals surface area contributed by atoms with Gasteiger partial charge in [0.05, 0.1) is 0 Å². The zero-order valence-electron chi connectivity index (χ0n) is 12.9. The van der Waals surface area contributed by atoms with Gasteiger partial charge >= 0.3 is 0 Å². The molecule has 1 atom stereocenters. The molecule has 3 heteroatoms. The number of likely N-dealkylation sites (tertiary alicyclic amines) is 1. The summed E-state index contributed by atoms with van der Waals surface area (Å²) in [5.41, 5.74) is 2.55. The molecule has 2 aromatic carbocycles. The number of benzene rings is 2. The van der Waals surface area contributed by atoms with E-state index in [0.717, 1.165) is 32.5 Å². The Balaban J connectivity index is 1.47. The molecular formula is C19H23NOS. The van der Waals surface area contributed by atoms with E-state index in [0.29, 0.717) is 11.0 Å². The van der Waals surface area contributed by atoms with Gasteiger partial charge in [-0.1, -0.05) is 60.7 Å². The van der Waals surface area contributed by atoms with Gasteiger partial charge in [-0.3, -0.25) is 4.90 Å². The fraction of sp³-hybridized carbons (Fsp3) is 0.368. The van der Waals surface area contributed by atoms with Crippen LogP contribution in [0.3, 0.4) is 0 Å². The summed E-state index contributed by atoms with van der Waals surface area (Å²) in [6, 6.07) is 20.8. The average Bonchev–Trinajstić information content (AvgIpc) is 2.57. The molecule has 3 rings (SSSR count). The van der Waals surface area contributed by atoms with Crippen LogP contribution in [0.5, 0.6) is 0 Å². The zero-order chi connectivity index (χ0) is 15.2. The normalized spacial score (nSPS) is 18.2. The van der Waals surface area contributed by atoms with Crippen molar-refractivity contribution in [1.82, 2.24) is 4.90 Å². The smallest absolute Gasteiger partial charge is 0.130 e. The van der Waals surface area contributed by atoms with Crippen molar-refractivity contribution >= 4 is 11.2 Å². The molecule has 0 saturated carbocycles. The predicted octanol–water partition coefficient (Wildman–Crippen LogP) is 3.60. The third-order valence-electron chi connectivity index (χ3n) is 4.31. The molecule has 0 amide bonds. The Morgan fingerprint density at radius 3 is 2.00 bits per heavy atom. The highest BCUT2D eigenvalue weighted by Gasteiger charge is 2.28. The first-order chi connectivity index (χ1) is 10.8. The Morgan fingerprint density at radius 1 is 0.864 bits per heavy atom. The number of nitrogens with zero attached hydrogens (tertiary/aromatic N) is 1. The van der Waals surface area contributed by atoms with E-state index in [4.69, 9.17) is 0 Å². The molecule has 1 fully saturated rings. The maximum Gasteiger partial charge on any atom is 0.130 e. The number of piperidine rings is 1. The van der Waals surface area contributed by atoms with Gasteiger partial charge < -0.3 is 4.55 Å². The molecular weight excluding hydrogens is 290 g/mol. The SMILES string of the molecule is [O-][S+](Cc1ccccc1)C1CCN(Cc2ccccc2)CC1. The van der Waals surface area contributed by atoms with E-state index in [-0.39, 0.29) is 0 Å². The zero-order valence-corrected chi connectivity index (χ0v) is 13.7. The maximum atomic E-state index is 12.5. The van der Waals surface area contributed by atoms with Gasteiger partial charge in [0.2, 0.25) is 0 Å². The van der Waals surface area contributed by atoms with Crippen LogP contribution < -0.4 is 0 Å². The Labute approximate surface area is 136 Å². The van der Waals surface area contributed by atoms with Crippen LogP contribution in [-0.2, 0) is 23.5 Å². The van der Waals surface area contributed by atoms with E-state index in [1.54, 1.807) is 0 Å². The van der Waals surface area contributed by atoms with Crippen LogP contribution >= 0.6 is 0 Å². The van der Waals surface area contributed by atoms with E-state index in [2.05, 4.69) is 47.4 Å². The third kappa shape index (κ3) is 4.35. The lowest BCUT2D eigenvalue weighted by Crippen LogP contribution is -2.39. The number of rotatable bonds is 5. The minimum absolute atomic E-state index is 0.354. The first-order valence-corrected chi connectivity index (χ1v) is 9.37. The summed E-state index contributed by atoms with van der Waals surface area (Å²) < 4.78 is 12.5. The van der Waals surface area contributed by atoms with Gasteiger partial charge in [-0.05, 0) is 16.7 Å². The molecule has 0 radical (unpaired) electrons. The van der Waals surface area contributed by atoms with Crippen molar-refractivity contribution in [1.29, 1.82) is 0 Å². The number of hydrogen-bond acceptors (Lipinski definition) is 2. The Bertz CT molecular complexity index is 552. The summed E-state index contributed by atoms with van der Waals surface area (Å²) in [6.07, 6.45) is 2.10. The van der Waals surface area contributed by atoms with Gasteiger partial charge in [-0.2, -0.15) is 0 Å². The highest BCUT2D eigenvalue weighted by Crippen LogP contribution is 2.22. The van der Waals surface area contributed by atoms with E-state index < -0.39 is 11.2 Å². The standard InChI is InChI=1S/C19H23NOS/c21-22(16-18-9-5-2-6-10-18)19-11-13-20(14-12-19)15-17-7-3-1-4-8-17/h1-10,19H,11-16H2. The van der Waals surface area contributed by atoms with Crippen molar-refractivity contribution in [2.45, 2.75) is 30.4 Å². The molecule has 1 heterocycles. The van der Waals surface area contributed by atoms with Crippen LogP contribution in [0.15, 0.2) is 60.7 Å². The van der Waals surface area contributed by atoms with Gasteiger partial charge in [0.1, 0.15) is 11.0 Å². The van der Waals surface area contributed by atoms with Gasteiger partial charge in [0, 0.05) is 38.0 Å². The molecule has 0 N–H and O–H groups in total. The van der Waals surface area contributed by atoms with Crippen molar-refractivity contribution < 1.29 is 4.55 Å². The van der Waals surface area contributed by atoms with Gasteiger partial charge in [0.25, 0.3) is 0 Å². The van der Waals surface area contributed by atoms with Gasteiger partial charge in [-0.25, -0.2) is 0 Å². The highest BCUT2D eigenvalue weighted by molar-refractivity contribution is 7.91. The number of hydrogen-bond donors (Lipinski definition) is 0. The molecule has 2 nitrogen and oxygen atoms in total. The summed E-state index contributed by atoms with van der Waals surface area (Å²) >= 11 is -0.746. The van der Waals surface area contributed by atoms with Crippen LogP contribution in [0.4, 0.5) is 0 Å². The second-order valence-corrected chi connectivity index (χ2v) is 7.69. The molecule has 2 aromatic rings. The minimum Gasteiger partial charge on any atom is -0.616 e. The summed E-state index contributed by atoms with van der Waals surface area (Å²) in [4.78, 5) is 2.48. The molecule has 1 saturated heterocycles. The molecule has 0 bridgehead atoms. The quantitative estimate of drug-likeness (QED) is 0.788. The Morgan fingerprint density at radius 2 is 1.41 bits per heavy atom. The van der Waals surface area contributed by atoms with E-state index in [1.807, 2.05) is 18.2 Å². The van der Waals surface area contributed by atoms with Crippen LogP contribution in [0.1, 0.15) is 24.0 Å². The van der Waals surface area contributed by atoms with Crippen molar-refractivity contribution in [2.75, 3.05) is 13.1 Å². The second-order valence-electron chi connectivity index (χ2n) is 5.97. The van der Waals surface area contributed by atoms with Crippen LogP contribution in [0, 0.1) is 0 Å². The highest BCUT2D eigenvalue weighted by atomic mass is 32.2. The van der Waals surface area contributed by atoms with Crippen LogP contribution in [0.2, 0.25) is 0 Å². The third-order valence-corrected chi connectivity index (χ3v) is 6.14. The molecule has 1 unspecified atom stereocenters. The summed E-state index contributed by atoms with van der Waals surface area (Å²) in [5, 5.41) is 0.354. The van der Waals surface area contributed by atoms with Crippen molar-refractivity contribution in [3.05, 3.63) is 71.8 Å². The Hall–Kier alpha value is -1.29. The summed E-state index contributed by atoms with van der Waals surface area (Å²) in [5.74, 6) is 0.699. The molecule has 0 aliphatic carbocycles. The second kappa shape index (κ2) is 7.82. The van der Waals surface area contributed by atoms with Crippen molar-refractivity contribution in [3.8, 4) is 0 Å². The lowest BCUT2D eigenvalue weighted by atomic mass is 10.1. The summed E-state index contributed by atoms with van der Waals surface area (Å²) in [6.45, 7) is 3.12. The average molecular weight is 313 g/mol. The van der Waals surface area contributed by atoms with Crippen LogP contribution in [-0.4, -0.2) is 27.8 Å². The molecule has 1 aliphatic heterocycles.